The van der Waals surface area contributed by atoms with Gasteiger partial charge in [0.2, 0.25) is 6.79 Å². The van der Waals surface area contributed by atoms with E-state index in [0.29, 0.717) is 23.0 Å². The zero-order valence-electron chi connectivity index (χ0n) is 15.8. The molecule has 0 saturated heterocycles. The highest BCUT2D eigenvalue weighted by Gasteiger charge is 2.19. The van der Waals surface area contributed by atoms with Gasteiger partial charge in [-0.2, -0.15) is 0 Å². The Morgan fingerprint density at radius 1 is 1.07 bits per heavy atom. The second-order valence-electron chi connectivity index (χ2n) is 6.04. The van der Waals surface area contributed by atoms with Crippen molar-refractivity contribution in [3.05, 3.63) is 47.5 Å². The van der Waals surface area contributed by atoms with E-state index in [1.165, 1.54) is 6.07 Å². The summed E-state index contributed by atoms with van der Waals surface area (Å²) in [6.07, 6.45) is 0. The van der Waals surface area contributed by atoms with Crippen LogP contribution in [0.5, 0.6) is 23.0 Å². The average molecular weight is 387 g/mol. The molecule has 1 aliphatic heterocycles. The van der Waals surface area contributed by atoms with Crippen molar-refractivity contribution in [2.45, 2.75) is 13.0 Å². The van der Waals surface area contributed by atoms with Crippen LogP contribution in [0.3, 0.4) is 0 Å². The van der Waals surface area contributed by atoms with Gasteiger partial charge in [0.15, 0.2) is 18.1 Å². The molecule has 0 fully saturated rings. The summed E-state index contributed by atoms with van der Waals surface area (Å²) in [5.74, 6) is 1.23. The third-order valence-corrected chi connectivity index (χ3v) is 4.22. The number of hydrogen-bond acceptors (Lipinski definition) is 7. The fraction of sp³-hybridized carbons (Fsp3) is 0.300. The Balaban J connectivity index is 1.57. The van der Waals surface area contributed by atoms with Crippen LogP contribution in [-0.4, -0.2) is 39.5 Å². The van der Waals surface area contributed by atoms with Crippen LogP contribution >= 0.6 is 0 Å². The van der Waals surface area contributed by atoms with Gasteiger partial charge in [0.05, 0.1) is 25.8 Å². The first kappa shape index (κ1) is 19.3. The van der Waals surface area contributed by atoms with Crippen molar-refractivity contribution in [3.8, 4) is 23.0 Å². The molecule has 2 aromatic carbocycles. The molecule has 0 radical (unpaired) electrons. The zero-order valence-corrected chi connectivity index (χ0v) is 15.8. The van der Waals surface area contributed by atoms with Gasteiger partial charge in [-0.25, -0.2) is 4.79 Å². The molecule has 0 bridgehead atoms. The predicted molar refractivity (Wildman–Crippen MR) is 99.0 cm³/mol. The van der Waals surface area contributed by atoms with Crippen LogP contribution < -0.4 is 24.3 Å². The van der Waals surface area contributed by atoms with Crippen molar-refractivity contribution in [1.29, 1.82) is 0 Å². The van der Waals surface area contributed by atoms with Crippen molar-refractivity contribution in [2.24, 2.45) is 0 Å². The Morgan fingerprint density at radius 3 is 2.61 bits per heavy atom. The quantitative estimate of drug-likeness (QED) is 0.730. The van der Waals surface area contributed by atoms with Crippen LogP contribution in [-0.2, 0) is 9.53 Å². The molecule has 28 heavy (non-hydrogen) atoms. The summed E-state index contributed by atoms with van der Waals surface area (Å²) in [7, 11) is 3.11. The van der Waals surface area contributed by atoms with Crippen molar-refractivity contribution in [2.75, 3.05) is 27.6 Å². The predicted octanol–water partition coefficient (Wildman–Crippen LogP) is 2.47. The van der Waals surface area contributed by atoms with Crippen LogP contribution in [0.4, 0.5) is 0 Å². The van der Waals surface area contributed by atoms with Gasteiger partial charge in [-0.05, 0) is 43.3 Å². The van der Waals surface area contributed by atoms with E-state index in [2.05, 4.69) is 5.32 Å². The van der Waals surface area contributed by atoms with Crippen molar-refractivity contribution >= 4 is 11.9 Å². The lowest BCUT2D eigenvalue weighted by molar-refractivity contribution is -0.124. The van der Waals surface area contributed by atoms with E-state index in [0.717, 1.165) is 5.56 Å². The van der Waals surface area contributed by atoms with Gasteiger partial charge in [0, 0.05) is 5.56 Å². The number of benzene rings is 2. The standard InChI is InChI=1S/C20H21NO7/c1-12(15-9-14(24-2)5-7-16(15)25-3)21-19(22)10-26-20(23)13-4-6-17-18(8-13)28-11-27-17/h4-9,12H,10-11H2,1-3H3,(H,21,22)/t12-/m1/s1. The van der Waals surface area contributed by atoms with Gasteiger partial charge in [0.25, 0.3) is 5.91 Å². The molecule has 1 atom stereocenters. The lowest BCUT2D eigenvalue weighted by atomic mass is 10.1. The molecule has 0 spiro atoms. The van der Waals surface area contributed by atoms with Gasteiger partial charge in [-0.15, -0.1) is 0 Å². The molecule has 3 rings (SSSR count). The number of hydrogen-bond donors (Lipinski definition) is 1. The summed E-state index contributed by atoms with van der Waals surface area (Å²) in [4.78, 5) is 24.4. The van der Waals surface area contributed by atoms with Gasteiger partial charge >= 0.3 is 5.97 Å². The Morgan fingerprint density at radius 2 is 1.86 bits per heavy atom. The second-order valence-corrected chi connectivity index (χ2v) is 6.04. The monoisotopic (exact) mass is 387 g/mol. The van der Waals surface area contributed by atoms with Crippen LogP contribution in [0.1, 0.15) is 28.9 Å². The first-order valence-electron chi connectivity index (χ1n) is 8.60. The van der Waals surface area contributed by atoms with E-state index in [1.807, 2.05) is 0 Å². The minimum Gasteiger partial charge on any atom is -0.497 e. The average Bonchev–Trinajstić information content (AvgIpc) is 3.19. The fourth-order valence-electron chi connectivity index (χ4n) is 2.78. The van der Waals surface area contributed by atoms with E-state index in [1.54, 1.807) is 51.5 Å². The maximum absolute atomic E-state index is 12.2. The molecular weight excluding hydrogens is 366 g/mol. The van der Waals surface area contributed by atoms with Gasteiger partial charge < -0.3 is 29.0 Å². The van der Waals surface area contributed by atoms with E-state index in [9.17, 15) is 9.59 Å². The fourth-order valence-corrected chi connectivity index (χ4v) is 2.78. The maximum atomic E-state index is 12.2. The molecule has 0 unspecified atom stereocenters. The SMILES string of the molecule is COc1ccc(OC)c([C@@H](C)NC(=O)COC(=O)c2ccc3c(c2)OCO3)c1. The number of carbonyl (C=O) groups is 2. The molecule has 0 aliphatic carbocycles. The third kappa shape index (κ3) is 4.28. The second kappa shape index (κ2) is 8.51. The maximum Gasteiger partial charge on any atom is 0.338 e. The summed E-state index contributed by atoms with van der Waals surface area (Å²) in [5.41, 5.74) is 1.02. The number of amides is 1. The highest BCUT2D eigenvalue weighted by Crippen LogP contribution is 2.32. The molecule has 8 nitrogen and oxygen atoms in total. The summed E-state index contributed by atoms with van der Waals surface area (Å²) in [6.45, 7) is 1.50. The molecule has 1 N–H and O–H groups in total. The van der Waals surface area contributed by atoms with Gasteiger partial charge in [-0.3, -0.25) is 4.79 Å². The van der Waals surface area contributed by atoms with Crippen LogP contribution in [0.15, 0.2) is 36.4 Å². The number of fused-ring (bicyclic) bond motifs is 1. The van der Waals surface area contributed by atoms with Crippen LogP contribution in [0.2, 0.25) is 0 Å². The summed E-state index contributed by atoms with van der Waals surface area (Å²) < 4.78 is 26.0. The number of nitrogens with one attached hydrogen (secondary N) is 1. The molecule has 1 heterocycles. The molecule has 1 aliphatic rings. The zero-order chi connectivity index (χ0) is 20.1. The number of carbonyl (C=O) groups excluding carboxylic acids is 2. The number of esters is 1. The van der Waals surface area contributed by atoms with Crippen molar-refractivity contribution < 1.29 is 33.3 Å². The minimum absolute atomic E-state index is 0.113. The number of methoxy groups -OCH3 is 2. The Labute approximate surface area is 162 Å². The molecular formula is C20H21NO7. The summed E-state index contributed by atoms with van der Waals surface area (Å²) in [5, 5.41) is 2.77. The number of ether oxygens (including phenoxy) is 5. The molecule has 8 heteroatoms. The first-order chi connectivity index (χ1) is 13.5. The lowest BCUT2D eigenvalue weighted by Crippen LogP contribution is -2.31. The Hall–Kier alpha value is -3.42. The normalized spacial score (nSPS) is 12.8. The lowest BCUT2D eigenvalue weighted by Gasteiger charge is -2.18. The largest absolute Gasteiger partial charge is 0.497 e. The van der Waals surface area contributed by atoms with Gasteiger partial charge in [0.1, 0.15) is 11.5 Å². The van der Waals surface area contributed by atoms with E-state index in [4.69, 9.17) is 23.7 Å². The highest BCUT2D eigenvalue weighted by atomic mass is 16.7. The van der Waals surface area contributed by atoms with Crippen LogP contribution in [0, 0.1) is 0 Å². The van der Waals surface area contributed by atoms with E-state index < -0.39 is 18.5 Å². The van der Waals surface area contributed by atoms with E-state index >= 15 is 0 Å². The van der Waals surface area contributed by atoms with Crippen molar-refractivity contribution in [3.63, 3.8) is 0 Å². The Bertz CT molecular complexity index is 881. The van der Waals surface area contributed by atoms with Crippen LogP contribution in [0.25, 0.3) is 0 Å². The van der Waals surface area contributed by atoms with E-state index in [-0.39, 0.29) is 18.4 Å². The molecule has 148 valence electrons. The molecule has 2 aromatic rings. The first-order valence-corrected chi connectivity index (χ1v) is 8.60. The van der Waals surface area contributed by atoms with Gasteiger partial charge in [-0.1, -0.05) is 0 Å². The Kier molecular flexibility index (Phi) is 5.88. The summed E-state index contributed by atoms with van der Waals surface area (Å²) >= 11 is 0. The smallest absolute Gasteiger partial charge is 0.338 e. The highest BCUT2D eigenvalue weighted by molar-refractivity contribution is 5.92. The minimum atomic E-state index is -0.625. The number of rotatable bonds is 7. The molecule has 1 amide bonds. The molecule has 0 aromatic heterocycles. The molecule has 0 saturated carbocycles. The third-order valence-electron chi connectivity index (χ3n) is 4.22. The van der Waals surface area contributed by atoms with Crippen molar-refractivity contribution in [1.82, 2.24) is 5.32 Å². The topological polar surface area (TPSA) is 92.3 Å². The summed E-state index contributed by atoms with van der Waals surface area (Å²) in [6, 6.07) is 9.63.